The van der Waals surface area contributed by atoms with Crippen LogP contribution in [0, 0.1) is 0 Å². The van der Waals surface area contributed by atoms with Crippen LogP contribution in [0.5, 0.6) is 5.75 Å². The van der Waals surface area contributed by atoms with Crippen LogP contribution in [0.25, 0.3) is 5.70 Å². The molecule has 1 aromatic heterocycles. The molecule has 0 saturated carbocycles. The molecule has 0 aliphatic carbocycles. The van der Waals surface area contributed by atoms with E-state index in [-0.39, 0.29) is 0 Å². The van der Waals surface area contributed by atoms with E-state index < -0.39 is 12.0 Å². The average molecular weight is 397 g/mol. The molecule has 1 atom stereocenters. The zero-order chi connectivity index (χ0) is 19.7. The van der Waals surface area contributed by atoms with E-state index in [1.165, 1.54) is 13.4 Å². The van der Waals surface area contributed by atoms with Gasteiger partial charge in [0.25, 0.3) is 0 Å². The Kier molecular flexibility index (Phi) is 4.75. The van der Waals surface area contributed by atoms with Crippen molar-refractivity contribution in [2.45, 2.75) is 6.04 Å². The molecule has 1 unspecified atom stereocenters. The van der Waals surface area contributed by atoms with Gasteiger partial charge in [0.2, 0.25) is 5.95 Å². The van der Waals surface area contributed by atoms with Crippen LogP contribution >= 0.6 is 11.6 Å². The van der Waals surface area contributed by atoms with E-state index in [1.54, 1.807) is 23.9 Å². The molecular weight excluding hydrogens is 380 g/mol. The minimum absolute atomic E-state index is 0.424. The van der Waals surface area contributed by atoms with E-state index >= 15 is 0 Å². The molecule has 0 spiro atoms. The first-order valence-corrected chi connectivity index (χ1v) is 8.89. The van der Waals surface area contributed by atoms with Gasteiger partial charge in [-0.25, -0.2) is 9.48 Å². The monoisotopic (exact) mass is 396 g/mol. The number of anilines is 1. The Balaban J connectivity index is 1.93. The van der Waals surface area contributed by atoms with Crippen molar-refractivity contribution in [2.24, 2.45) is 0 Å². The first-order valence-electron chi connectivity index (χ1n) is 8.51. The van der Waals surface area contributed by atoms with Gasteiger partial charge >= 0.3 is 5.97 Å². The third-order valence-electron chi connectivity index (χ3n) is 4.57. The summed E-state index contributed by atoms with van der Waals surface area (Å²) in [4.78, 5) is 17.1. The number of fused-ring (bicyclic) bond motifs is 1. The summed E-state index contributed by atoms with van der Waals surface area (Å²) in [5.74, 6) is 0.788. The molecule has 2 aromatic carbocycles. The molecule has 0 bridgehead atoms. The summed E-state index contributed by atoms with van der Waals surface area (Å²) in [6, 6.07) is 14.2. The largest absolute Gasteiger partial charge is 0.497 e. The fraction of sp³-hybridized carbons (Fsp3) is 0.150. The van der Waals surface area contributed by atoms with Crippen LogP contribution in [0.3, 0.4) is 0 Å². The second-order valence-corrected chi connectivity index (χ2v) is 6.55. The summed E-state index contributed by atoms with van der Waals surface area (Å²) >= 11 is 6.03. The fourth-order valence-electron chi connectivity index (χ4n) is 3.23. The Labute approximate surface area is 166 Å². The van der Waals surface area contributed by atoms with Crippen molar-refractivity contribution in [3.63, 3.8) is 0 Å². The maximum Gasteiger partial charge on any atom is 0.338 e. The standard InChI is InChI=1S/C20H17ClN4O3/c1-27-15-9-5-13(6-10-15)18-16(19(26)28-2)17(12-3-7-14(21)8-4-12)24-20-22-11-23-25(18)20/h3-11,18H,1-2H3,(H,22,23,24). The molecule has 4 rings (SSSR count). The van der Waals surface area contributed by atoms with Crippen molar-refractivity contribution >= 4 is 29.2 Å². The molecule has 3 aromatic rings. The Bertz CT molecular complexity index is 1040. The zero-order valence-electron chi connectivity index (χ0n) is 15.2. The number of carbonyl (C=O) groups is 1. The zero-order valence-corrected chi connectivity index (χ0v) is 16.0. The molecule has 0 amide bonds. The van der Waals surface area contributed by atoms with Gasteiger partial charge in [-0.1, -0.05) is 35.9 Å². The highest BCUT2D eigenvalue weighted by Crippen LogP contribution is 2.39. The number of methoxy groups -OCH3 is 2. The third kappa shape index (κ3) is 3.10. The van der Waals surface area contributed by atoms with Gasteiger partial charge in [-0.3, -0.25) is 0 Å². The van der Waals surface area contributed by atoms with Crippen LogP contribution < -0.4 is 10.1 Å². The van der Waals surface area contributed by atoms with Crippen molar-refractivity contribution in [1.29, 1.82) is 0 Å². The number of hydrogen-bond acceptors (Lipinski definition) is 6. The molecule has 1 aliphatic heterocycles. The van der Waals surface area contributed by atoms with Crippen molar-refractivity contribution < 1.29 is 14.3 Å². The number of aromatic nitrogens is 3. The predicted molar refractivity (Wildman–Crippen MR) is 105 cm³/mol. The summed E-state index contributed by atoms with van der Waals surface area (Å²) in [5.41, 5.74) is 2.66. The summed E-state index contributed by atoms with van der Waals surface area (Å²) < 4.78 is 12.0. The lowest BCUT2D eigenvalue weighted by atomic mass is 9.93. The highest BCUT2D eigenvalue weighted by Gasteiger charge is 2.35. The Morgan fingerprint density at radius 1 is 1.11 bits per heavy atom. The molecule has 1 N–H and O–H groups in total. The first-order chi connectivity index (χ1) is 13.6. The molecular formula is C20H17ClN4O3. The van der Waals surface area contributed by atoms with Crippen molar-refractivity contribution in [1.82, 2.24) is 14.8 Å². The molecule has 7 nitrogen and oxygen atoms in total. The first kappa shape index (κ1) is 18.1. The predicted octanol–water partition coefficient (Wildman–Crippen LogP) is 3.54. The average Bonchev–Trinajstić information content (AvgIpc) is 3.21. The van der Waals surface area contributed by atoms with Crippen LogP contribution in [0.2, 0.25) is 5.02 Å². The Morgan fingerprint density at radius 3 is 2.46 bits per heavy atom. The molecule has 0 saturated heterocycles. The SMILES string of the molecule is COC(=O)C1=C(c2ccc(Cl)cc2)Nc2ncnn2C1c1ccc(OC)cc1. The van der Waals surface area contributed by atoms with E-state index in [1.807, 2.05) is 36.4 Å². The summed E-state index contributed by atoms with van der Waals surface area (Å²) in [6.45, 7) is 0. The van der Waals surface area contributed by atoms with Gasteiger partial charge in [-0.05, 0) is 35.4 Å². The second-order valence-electron chi connectivity index (χ2n) is 6.12. The van der Waals surface area contributed by atoms with Gasteiger partial charge in [0.05, 0.1) is 25.5 Å². The summed E-state index contributed by atoms with van der Waals surface area (Å²) in [6.07, 6.45) is 1.44. The smallest absolute Gasteiger partial charge is 0.338 e. The van der Waals surface area contributed by atoms with Crippen LogP contribution in [-0.2, 0) is 9.53 Å². The minimum Gasteiger partial charge on any atom is -0.497 e. The quantitative estimate of drug-likeness (QED) is 0.679. The van der Waals surface area contributed by atoms with Crippen molar-refractivity contribution in [3.05, 3.63) is 76.6 Å². The molecule has 142 valence electrons. The number of rotatable bonds is 4. The molecule has 8 heteroatoms. The summed E-state index contributed by atoms with van der Waals surface area (Å²) in [5, 5.41) is 8.12. The van der Waals surface area contributed by atoms with E-state index in [0.29, 0.717) is 22.2 Å². The van der Waals surface area contributed by atoms with Gasteiger partial charge in [-0.2, -0.15) is 10.1 Å². The molecule has 2 heterocycles. The van der Waals surface area contributed by atoms with Crippen molar-refractivity contribution in [3.8, 4) is 5.75 Å². The van der Waals surface area contributed by atoms with Gasteiger partial charge < -0.3 is 14.8 Å². The number of nitrogens with one attached hydrogen (secondary N) is 1. The summed E-state index contributed by atoms with van der Waals surface area (Å²) in [7, 11) is 2.96. The maximum atomic E-state index is 12.8. The van der Waals surface area contributed by atoms with Crippen LogP contribution in [0.15, 0.2) is 60.4 Å². The lowest BCUT2D eigenvalue weighted by Gasteiger charge is -2.29. The lowest BCUT2D eigenvalue weighted by molar-refractivity contribution is -0.136. The topological polar surface area (TPSA) is 78.3 Å². The van der Waals surface area contributed by atoms with Gasteiger partial charge in [0.15, 0.2) is 0 Å². The van der Waals surface area contributed by atoms with E-state index in [2.05, 4.69) is 15.4 Å². The highest BCUT2D eigenvalue weighted by atomic mass is 35.5. The van der Waals surface area contributed by atoms with E-state index in [0.717, 1.165) is 16.9 Å². The number of hydrogen-bond donors (Lipinski definition) is 1. The molecule has 1 aliphatic rings. The number of halogens is 1. The molecule has 0 radical (unpaired) electrons. The third-order valence-corrected chi connectivity index (χ3v) is 4.82. The number of carbonyl (C=O) groups excluding carboxylic acids is 1. The van der Waals surface area contributed by atoms with Crippen LogP contribution in [0.1, 0.15) is 17.2 Å². The number of ether oxygens (including phenoxy) is 2. The van der Waals surface area contributed by atoms with Gasteiger partial charge in [0, 0.05) is 5.02 Å². The lowest BCUT2D eigenvalue weighted by Crippen LogP contribution is -2.29. The van der Waals surface area contributed by atoms with Crippen molar-refractivity contribution in [2.75, 3.05) is 19.5 Å². The number of benzene rings is 2. The highest BCUT2D eigenvalue weighted by molar-refractivity contribution is 6.30. The Morgan fingerprint density at radius 2 is 1.82 bits per heavy atom. The number of esters is 1. The minimum atomic E-state index is -0.511. The van der Waals surface area contributed by atoms with E-state index in [9.17, 15) is 4.79 Å². The van der Waals surface area contributed by atoms with Gasteiger partial charge in [0.1, 0.15) is 18.1 Å². The molecule has 0 fully saturated rings. The maximum absolute atomic E-state index is 12.8. The van der Waals surface area contributed by atoms with Crippen LogP contribution in [0.4, 0.5) is 5.95 Å². The Hall–Kier alpha value is -3.32. The van der Waals surface area contributed by atoms with E-state index in [4.69, 9.17) is 21.1 Å². The fourth-order valence-corrected chi connectivity index (χ4v) is 3.35. The van der Waals surface area contributed by atoms with Gasteiger partial charge in [-0.15, -0.1) is 0 Å². The number of nitrogens with zero attached hydrogens (tertiary/aromatic N) is 3. The molecule has 28 heavy (non-hydrogen) atoms. The van der Waals surface area contributed by atoms with Crippen LogP contribution in [-0.4, -0.2) is 35.0 Å². The second kappa shape index (κ2) is 7.36. The normalized spacial score (nSPS) is 15.6.